The van der Waals surface area contributed by atoms with Gasteiger partial charge in [0.25, 0.3) is 0 Å². The van der Waals surface area contributed by atoms with Gasteiger partial charge in [-0.25, -0.2) is 0 Å². The van der Waals surface area contributed by atoms with Crippen molar-refractivity contribution in [3.8, 4) is 0 Å². The van der Waals surface area contributed by atoms with Crippen molar-refractivity contribution in [2.24, 2.45) is 0 Å². The van der Waals surface area contributed by atoms with E-state index in [0.29, 0.717) is 0 Å². The van der Waals surface area contributed by atoms with Crippen molar-refractivity contribution in [2.75, 3.05) is 0 Å². The van der Waals surface area contributed by atoms with Gasteiger partial charge in [-0.05, 0) is 0 Å². The maximum atomic E-state index is 1.50. The molecule has 0 atom stereocenters. The molecule has 1 rings (SSSR count). The Morgan fingerprint density at radius 1 is 0.300 bits per heavy atom. The average molecular weight is 163 g/mol. The summed E-state index contributed by atoms with van der Waals surface area (Å²) in [4.78, 5) is 0. The predicted octanol–water partition coefficient (Wildman–Crippen LogP) is 3.93. The first kappa shape index (κ1) is 10.3. The van der Waals surface area contributed by atoms with Crippen molar-refractivity contribution >= 4 is 12.4 Å². The summed E-state index contributed by atoms with van der Waals surface area (Å²) in [5, 5.41) is 0. The molecule has 1 heteroatoms. The first-order chi connectivity index (χ1) is 4.50. The summed E-state index contributed by atoms with van der Waals surface area (Å²) in [6.07, 6.45) is 13.5. The highest BCUT2D eigenvalue weighted by atomic mass is 35.5. The van der Waals surface area contributed by atoms with Crippen molar-refractivity contribution in [3.63, 3.8) is 0 Å². The minimum atomic E-state index is 0. The standard InChI is InChI=1S/C9H18.ClH/c1-2-4-6-8-9-7-5-3-1;/h1-9H2;1H. The van der Waals surface area contributed by atoms with Crippen LogP contribution < -0.4 is 0 Å². The fourth-order valence-electron chi connectivity index (χ4n) is 1.59. The van der Waals surface area contributed by atoms with Gasteiger partial charge in [0.1, 0.15) is 0 Å². The zero-order chi connectivity index (χ0) is 6.36. The summed E-state index contributed by atoms with van der Waals surface area (Å²) < 4.78 is 0. The van der Waals surface area contributed by atoms with Crippen LogP contribution in [0.3, 0.4) is 0 Å². The molecule has 1 fully saturated rings. The number of halogens is 1. The van der Waals surface area contributed by atoms with E-state index < -0.39 is 0 Å². The minimum Gasteiger partial charge on any atom is -0.147 e. The van der Waals surface area contributed by atoms with Gasteiger partial charge in [-0.15, -0.1) is 12.4 Å². The van der Waals surface area contributed by atoms with Crippen molar-refractivity contribution in [3.05, 3.63) is 0 Å². The third kappa shape index (κ3) is 5.10. The van der Waals surface area contributed by atoms with Crippen LogP contribution in [0.15, 0.2) is 0 Å². The molecule has 0 amide bonds. The summed E-state index contributed by atoms with van der Waals surface area (Å²) >= 11 is 0. The highest BCUT2D eigenvalue weighted by molar-refractivity contribution is 5.85. The van der Waals surface area contributed by atoms with Crippen LogP contribution in [0.25, 0.3) is 0 Å². The van der Waals surface area contributed by atoms with Crippen LogP contribution in [0.2, 0.25) is 0 Å². The Balaban J connectivity index is 0.000000810. The molecule has 0 aliphatic heterocycles. The Labute approximate surface area is 70.8 Å². The van der Waals surface area contributed by atoms with Crippen molar-refractivity contribution in [1.29, 1.82) is 0 Å². The topological polar surface area (TPSA) is 0 Å². The Kier molecular flexibility index (Phi) is 7.61. The molecular formula is C9H19Cl. The fraction of sp³-hybridized carbons (Fsp3) is 1.00. The van der Waals surface area contributed by atoms with Gasteiger partial charge in [0.15, 0.2) is 0 Å². The molecule has 0 heterocycles. The van der Waals surface area contributed by atoms with E-state index in [1.54, 1.807) is 0 Å². The van der Waals surface area contributed by atoms with Gasteiger partial charge in [-0.1, -0.05) is 57.8 Å². The Morgan fingerprint density at radius 3 is 0.500 bits per heavy atom. The Bertz CT molecular complexity index is 33.2. The molecule has 1 saturated carbocycles. The van der Waals surface area contributed by atoms with Gasteiger partial charge in [0.05, 0.1) is 0 Å². The second-order valence-corrected chi connectivity index (χ2v) is 3.18. The summed E-state index contributed by atoms with van der Waals surface area (Å²) in [7, 11) is 0. The third-order valence-corrected chi connectivity index (χ3v) is 2.25. The normalized spacial score (nSPS) is 21.6. The largest absolute Gasteiger partial charge is 0.147 e. The second kappa shape index (κ2) is 7.40. The lowest BCUT2D eigenvalue weighted by Crippen LogP contribution is -1.73. The van der Waals surface area contributed by atoms with Crippen molar-refractivity contribution in [1.82, 2.24) is 0 Å². The van der Waals surface area contributed by atoms with Crippen LogP contribution in [0.5, 0.6) is 0 Å². The Morgan fingerprint density at radius 2 is 0.400 bits per heavy atom. The van der Waals surface area contributed by atoms with Gasteiger partial charge in [-0.2, -0.15) is 0 Å². The van der Waals surface area contributed by atoms with Crippen molar-refractivity contribution in [2.45, 2.75) is 57.8 Å². The van der Waals surface area contributed by atoms with Gasteiger partial charge < -0.3 is 0 Å². The van der Waals surface area contributed by atoms with Gasteiger partial charge >= 0.3 is 0 Å². The van der Waals surface area contributed by atoms with Gasteiger partial charge in [0, 0.05) is 0 Å². The zero-order valence-corrected chi connectivity index (χ0v) is 7.59. The molecule has 10 heavy (non-hydrogen) atoms. The predicted molar refractivity (Wildman–Crippen MR) is 48.8 cm³/mol. The molecule has 0 N–H and O–H groups in total. The molecule has 1 aliphatic carbocycles. The lowest BCUT2D eigenvalue weighted by Gasteiger charge is -1.93. The van der Waals surface area contributed by atoms with Crippen LogP contribution in [-0.2, 0) is 0 Å². The molecule has 62 valence electrons. The third-order valence-electron chi connectivity index (χ3n) is 2.25. The molecule has 0 aromatic rings. The lowest BCUT2D eigenvalue weighted by molar-refractivity contribution is 0.624. The first-order valence-electron chi connectivity index (χ1n) is 4.50. The molecule has 0 unspecified atom stereocenters. The van der Waals surface area contributed by atoms with E-state index in [4.69, 9.17) is 0 Å². The first-order valence-corrected chi connectivity index (χ1v) is 4.50. The van der Waals surface area contributed by atoms with E-state index in [2.05, 4.69) is 0 Å². The van der Waals surface area contributed by atoms with E-state index >= 15 is 0 Å². The summed E-state index contributed by atoms with van der Waals surface area (Å²) in [5.74, 6) is 0. The summed E-state index contributed by atoms with van der Waals surface area (Å²) in [6.45, 7) is 0. The van der Waals surface area contributed by atoms with Crippen LogP contribution >= 0.6 is 12.4 Å². The van der Waals surface area contributed by atoms with Crippen LogP contribution in [0.4, 0.5) is 0 Å². The molecule has 0 bridgehead atoms. The van der Waals surface area contributed by atoms with Gasteiger partial charge in [-0.3, -0.25) is 0 Å². The van der Waals surface area contributed by atoms with Gasteiger partial charge in [0.2, 0.25) is 0 Å². The fourth-order valence-corrected chi connectivity index (χ4v) is 1.59. The van der Waals surface area contributed by atoms with E-state index in [-0.39, 0.29) is 12.4 Å². The smallest absolute Gasteiger partial charge is 0.0533 e. The van der Waals surface area contributed by atoms with Crippen LogP contribution in [0, 0.1) is 0 Å². The summed E-state index contributed by atoms with van der Waals surface area (Å²) in [5.41, 5.74) is 0. The molecule has 0 saturated heterocycles. The molecule has 0 aromatic heterocycles. The van der Waals surface area contributed by atoms with E-state index in [9.17, 15) is 0 Å². The zero-order valence-electron chi connectivity index (χ0n) is 6.77. The monoisotopic (exact) mass is 162 g/mol. The maximum absolute atomic E-state index is 1.50. The summed E-state index contributed by atoms with van der Waals surface area (Å²) in [6, 6.07) is 0. The molecule has 1 aliphatic rings. The number of hydrogen-bond donors (Lipinski definition) is 0. The van der Waals surface area contributed by atoms with Crippen LogP contribution in [0.1, 0.15) is 57.8 Å². The quantitative estimate of drug-likeness (QED) is 0.507. The SMILES string of the molecule is C1CCCCCCCC1.Cl. The minimum absolute atomic E-state index is 0. The molecule has 0 nitrogen and oxygen atoms in total. The number of hydrogen-bond acceptors (Lipinski definition) is 0. The highest BCUT2D eigenvalue weighted by Crippen LogP contribution is 2.15. The van der Waals surface area contributed by atoms with Crippen LogP contribution in [-0.4, -0.2) is 0 Å². The van der Waals surface area contributed by atoms with E-state index in [1.165, 1.54) is 57.8 Å². The lowest BCUT2D eigenvalue weighted by atomic mass is 10.1. The molecule has 0 aromatic carbocycles. The second-order valence-electron chi connectivity index (χ2n) is 3.18. The maximum Gasteiger partial charge on any atom is -0.0533 e. The highest BCUT2D eigenvalue weighted by Gasteiger charge is 1.95. The molecular weight excluding hydrogens is 144 g/mol. The molecule has 0 radical (unpaired) electrons. The van der Waals surface area contributed by atoms with E-state index in [1.807, 2.05) is 0 Å². The number of rotatable bonds is 0. The molecule has 0 spiro atoms. The average Bonchev–Trinajstić information content (AvgIpc) is 2.00. The van der Waals surface area contributed by atoms with Crippen molar-refractivity contribution < 1.29 is 0 Å². The van der Waals surface area contributed by atoms with E-state index in [0.717, 1.165) is 0 Å². The Hall–Kier alpha value is 0.290.